The molecule has 2 unspecified atom stereocenters. The lowest BCUT2D eigenvalue weighted by atomic mass is 9.96. The van der Waals surface area contributed by atoms with Gasteiger partial charge in [-0.2, -0.15) is 0 Å². The molecule has 0 spiro atoms. The molecular weight excluding hydrogens is 244 g/mol. The van der Waals surface area contributed by atoms with Gasteiger partial charge in [0, 0.05) is 24.3 Å². The topological polar surface area (TPSA) is 61.8 Å². The summed E-state index contributed by atoms with van der Waals surface area (Å²) in [6.07, 6.45) is 0.579. The van der Waals surface area contributed by atoms with E-state index in [0.29, 0.717) is 18.7 Å². The summed E-state index contributed by atoms with van der Waals surface area (Å²) in [5.41, 5.74) is -0.162. The molecule has 19 heavy (non-hydrogen) atoms. The number of likely N-dealkylation sites (N-methyl/N-ethyl adjacent to an activating group) is 1. The summed E-state index contributed by atoms with van der Waals surface area (Å²) in [6.45, 7) is 2.53. The lowest BCUT2D eigenvalue weighted by Gasteiger charge is -2.26. The fourth-order valence-corrected chi connectivity index (χ4v) is 2.58. The number of nitrogens with one attached hydrogen (secondary N) is 1. The van der Waals surface area contributed by atoms with Crippen molar-refractivity contribution in [3.05, 3.63) is 24.3 Å². The van der Waals surface area contributed by atoms with Crippen molar-refractivity contribution in [3.8, 4) is 5.75 Å². The van der Waals surface area contributed by atoms with Gasteiger partial charge in [0.05, 0.1) is 7.11 Å². The number of benzene rings is 1. The van der Waals surface area contributed by atoms with Crippen molar-refractivity contribution in [1.29, 1.82) is 0 Å². The monoisotopic (exact) mass is 264 g/mol. The fraction of sp³-hybridized carbons (Fsp3) is 0.500. The minimum absolute atomic E-state index is 0.245. The Bertz CT molecular complexity index is 466. The second kappa shape index (κ2) is 5.09. The van der Waals surface area contributed by atoms with E-state index in [4.69, 9.17) is 4.74 Å². The molecule has 5 heteroatoms. The van der Waals surface area contributed by atoms with Crippen LogP contribution in [0.15, 0.2) is 24.3 Å². The molecule has 1 aromatic carbocycles. The highest BCUT2D eigenvalue weighted by Gasteiger charge is 2.47. The lowest BCUT2D eigenvalue weighted by Crippen LogP contribution is -2.48. The zero-order chi connectivity index (χ0) is 14.0. The summed E-state index contributed by atoms with van der Waals surface area (Å²) < 4.78 is 5.16. The van der Waals surface area contributed by atoms with Crippen molar-refractivity contribution in [1.82, 2.24) is 4.90 Å². The van der Waals surface area contributed by atoms with Gasteiger partial charge in [-0.3, -0.25) is 0 Å². The first kappa shape index (κ1) is 13.7. The number of anilines is 1. The highest BCUT2D eigenvalue weighted by Crippen LogP contribution is 2.31. The SMILES string of the molecule is COc1cccc(NC2(C(=O)O)CC(C)N(C)C2)c1. The van der Waals surface area contributed by atoms with Crippen LogP contribution in [0.25, 0.3) is 0 Å². The number of carboxylic acids is 1. The fourth-order valence-electron chi connectivity index (χ4n) is 2.58. The summed E-state index contributed by atoms with van der Waals surface area (Å²) in [5, 5.41) is 12.7. The molecule has 0 saturated carbocycles. The quantitative estimate of drug-likeness (QED) is 0.866. The highest BCUT2D eigenvalue weighted by atomic mass is 16.5. The Balaban J connectivity index is 2.24. The third-order valence-electron chi connectivity index (χ3n) is 3.78. The van der Waals surface area contributed by atoms with E-state index in [1.54, 1.807) is 7.11 Å². The van der Waals surface area contributed by atoms with Gasteiger partial charge < -0.3 is 20.1 Å². The van der Waals surface area contributed by atoms with Crippen LogP contribution >= 0.6 is 0 Å². The Labute approximate surface area is 113 Å². The van der Waals surface area contributed by atoms with Gasteiger partial charge in [-0.25, -0.2) is 4.79 Å². The number of hydrogen-bond acceptors (Lipinski definition) is 4. The maximum Gasteiger partial charge on any atom is 0.330 e. The predicted molar refractivity (Wildman–Crippen MR) is 73.7 cm³/mol. The summed E-state index contributed by atoms with van der Waals surface area (Å²) in [6, 6.07) is 7.60. The van der Waals surface area contributed by atoms with E-state index in [9.17, 15) is 9.90 Å². The predicted octanol–water partition coefficient (Wildman–Crippen LogP) is 1.65. The number of nitrogens with zero attached hydrogens (tertiary/aromatic N) is 1. The van der Waals surface area contributed by atoms with E-state index >= 15 is 0 Å². The van der Waals surface area contributed by atoms with Gasteiger partial charge >= 0.3 is 5.97 Å². The Morgan fingerprint density at radius 3 is 2.84 bits per heavy atom. The van der Waals surface area contributed by atoms with Crippen LogP contribution in [0.5, 0.6) is 5.75 Å². The molecule has 0 aliphatic carbocycles. The van der Waals surface area contributed by atoms with Crippen LogP contribution < -0.4 is 10.1 Å². The van der Waals surface area contributed by atoms with E-state index in [1.807, 2.05) is 38.2 Å². The van der Waals surface area contributed by atoms with Gasteiger partial charge in [-0.05, 0) is 32.5 Å². The maximum atomic E-state index is 11.7. The first-order chi connectivity index (χ1) is 8.97. The molecule has 1 fully saturated rings. The van der Waals surface area contributed by atoms with Gasteiger partial charge in [0.25, 0.3) is 0 Å². The Kier molecular flexibility index (Phi) is 3.66. The van der Waals surface area contributed by atoms with Crippen molar-refractivity contribution < 1.29 is 14.6 Å². The van der Waals surface area contributed by atoms with Crippen molar-refractivity contribution in [2.75, 3.05) is 26.0 Å². The summed E-state index contributed by atoms with van der Waals surface area (Å²) in [7, 11) is 3.54. The third kappa shape index (κ3) is 2.66. The molecule has 104 valence electrons. The van der Waals surface area contributed by atoms with E-state index in [1.165, 1.54) is 0 Å². The van der Waals surface area contributed by atoms with Crippen LogP contribution in [0.1, 0.15) is 13.3 Å². The van der Waals surface area contributed by atoms with Crippen LogP contribution in [0, 0.1) is 0 Å². The van der Waals surface area contributed by atoms with Gasteiger partial charge in [-0.1, -0.05) is 6.07 Å². The van der Waals surface area contributed by atoms with E-state index < -0.39 is 11.5 Å². The van der Waals surface area contributed by atoms with E-state index in [-0.39, 0.29) is 6.04 Å². The minimum atomic E-state index is -0.930. The molecule has 2 atom stereocenters. The Morgan fingerprint density at radius 2 is 2.32 bits per heavy atom. The normalized spacial score (nSPS) is 27.2. The standard InChI is InChI=1S/C14H20N2O3/c1-10-8-14(13(17)18,9-16(10)2)15-11-5-4-6-12(7-11)19-3/h4-7,10,15H,8-9H2,1-3H3,(H,17,18). The molecule has 0 aromatic heterocycles. The molecule has 1 aliphatic heterocycles. The lowest BCUT2D eigenvalue weighted by molar-refractivity contribution is -0.141. The number of likely N-dealkylation sites (tertiary alicyclic amines) is 1. The molecule has 5 nitrogen and oxygen atoms in total. The highest BCUT2D eigenvalue weighted by molar-refractivity contribution is 5.84. The second-order valence-electron chi connectivity index (χ2n) is 5.21. The van der Waals surface area contributed by atoms with Crippen molar-refractivity contribution in [2.24, 2.45) is 0 Å². The molecule has 2 N–H and O–H groups in total. The summed E-state index contributed by atoms with van der Waals surface area (Å²) in [4.78, 5) is 13.7. The maximum absolute atomic E-state index is 11.7. The Morgan fingerprint density at radius 1 is 1.58 bits per heavy atom. The molecule has 0 amide bonds. The zero-order valence-corrected chi connectivity index (χ0v) is 11.5. The molecule has 1 aliphatic rings. The number of carbonyl (C=O) groups is 1. The molecule has 1 aromatic rings. The summed E-state index contributed by atoms with van der Waals surface area (Å²) >= 11 is 0. The van der Waals surface area contributed by atoms with Crippen LogP contribution in [0.3, 0.4) is 0 Å². The summed E-state index contributed by atoms with van der Waals surface area (Å²) in [5.74, 6) is -0.101. The second-order valence-corrected chi connectivity index (χ2v) is 5.21. The van der Waals surface area contributed by atoms with Crippen LogP contribution in [-0.4, -0.2) is 48.3 Å². The number of methoxy groups -OCH3 is 1. The molecular formula is C14H20N2O3. The molecule has 0 bridgehead atoms. The van der Waals surface area contributed by atoms with Crippen molar-refractivity contribution >= 4 is 11.7 Å². The van der Waals surface area contributed by atoms with Crippen molar-refractivity contribution in [3.63, 3.8) is 0 Å². The first-order valence-corrected chi connectivity index (χ1v) is 6.33. The number of aliphatic carboxylic acids is 1. The van der Waals surface area contributed by atoms with Crippen LogP contribution in [-0.2, 0) is 4.79 Å². The van der Waals surface area contributed by atoms with Gasteiger partial charge in [0.2, 0.25) is 0 Å². The largest absolute Gasteiger partial charge is 0.497 e. The molecule has 2 rings (SSSR count). The number of carboxylic acid groups (broad SMARTS) is 1. The van der Waals surface area contributed by atoms with Crippen LogP contribution in [0.2, 0.25) is 0 Å². The average molecular weight is 264 g/mol. The number of ether oxygens (including phenoxy) is 1. The van der Waals surface area contributed by atoms with Gasteiger partial charge in [0.15, 0.2) is 0 Å². The molecule has 0 radical (unpaired) electrons. The number of hydrogen-bond donors (Lipinski definition) is 2. The first-order valence-electron chi connectivity index (χ1n) is 6.33. The number of rotatable bonds is 4. The minimum Gasteiger partial charge on any atom is -0.497 e. The average Bonchev–Trinajstić information content (AvgIpc) is 2.66. The van der Waals surface area contributed by atoms with Gasteiger partial charge in [0.1, 0.15) is 11.3 Å². The van der Waals surface area contributed by atoms with E-state index in [0.717, 1.165) is 5.69 Å². The van der Waals surface area contributed by atoms with Crippen molar-refractivity contribution in [2.45, 2.75) is 24.9 Å². The Hall–Kier alpha value is -1.75. The smallest absolute Gasteiger partial charge is 0.330 e. The molecule has 1 heterocycles. The zero-order valence-electron chi connectivity index (χ0n) is 11.5. The van der Waals surface area contributed by atoms with Gasteiger partial charge in [-0.15, -0.1) is 0 Å². The van der Waals surface area contributed by atoms with E-state index in [2.05, 4.69) is 10.2 Å². The third-order valence-corrected chi connectivity index (χ3v) is 3.78. The van der Waals surface area contributed by atoms with Crippen LogP contribution in [0.4, 0.5) is 5.69 Å². The molecule has 1 saturated heterocycles.